The predicted octanol–water partition coefficient (Wildman–Crippen LogP) is -9.04. The molecule has 6 fully saturated rings. The fourth-order valence-electron chi connectivity index (χ4n) is 10.2. The van der Waals surface area contributed by atoms with Gasteiger partial charge in [0.2, 0.25) is 23.6 Å². The second kappa shape index (κ2) is 34.2. The molecule has 6 saturated heterocycles. The third-order valence-electron chi connectivity index (χ3n) is 14.5. The molecule has 0 bridgehead atoms. The molecule has 17 N–H and O–H groups in total. The number of hydrogen-bond acceptors (Lipinski definition) is 28. The van der Waals surface area contributed by atoms with Gasteiger partial charge < -0.3 is 140 Å². The first-order valence-corrected chi connectivity index (χ1v) is 28.7. The van der Waals surface area contributed by atoms with Gasteiger partial charge in [0.25, 0.3) is 0 Å². The van der Waals surface area contributed by atoms with Crippen LogP contribution in [0, 0.1) is 0 Å². The maximum atomic E-state index is 12.6. The second-order valence-corrected chi connectivity index (χ2v) is 21.9. The Balaban J connectivity index is 0.924. The lowest BCUT2D eigenvalue weighted by Crippen LogP contribution is -2.70. The summed E-state index contributed by atoms with van der Waals surface area (Å²) in [6, 6.07) is -2.86. The van der Waals surface area contributed by atoms with E-state index in [9.17, 15) is 80.1 Å². The summed E-state index contributed by atoms with van der Waals surface area (Å²) in [5.41, 5.74) is 0. The fourth-order valence-corrected chi connectivity index (χ4v) is 11.8. The molecule has 6 amide bonds. The quantitative estimate of drug-likeness (QED) is 0.0214. The van der Waals surface area contributed by atoms with E-state index in [1.807, 2.05) is 11.8 Å². The van der Waals surface area contributed by atoms with Gasteiger partial charge in [0.15, 0.2) is 25.2 Å². The Morgan fingerprint density at radius 2 is 1.05 bits per heavy atom. The van der Waals surface area contributed by atoms with Crippen molar-refractivity contribution in [3.63, 3.8) is 0 Å². The van der Waals surface area contributed by atoms with E-state index >= 15 is 0 Å². The van der Waals surface area contributed by atoms with Crippen LogP contribution in [0.1, 0.15) is 46.0 Å². The van der Waals surface area contributed by atoms with E-state index in [0.717, 1.165) is 38.9 Å². The Bertz CT molecular complexity index is 2020. The first kappa shape index (κ1) is 68.7. The van der Waals surface area contributed by atoms with E-state index in [4.69, 9.17) is 52.1 Å². The molecule has 6 heterocycles. The number of urea groups is 1. The molecule has 6 aliphatic rings. The maximum Gasteiger partial charge on any atom is 0.315 e. The highest BCUT2D eigenvalue weighted by Crippen LogP contribution is 2.36. The van der Waals surface area contributed by atoms with Crippen LogP contribution in [0.15, 0.2) is 0 Å². The van der Waals surface area contributed by atoms with Crippen LogP contribution in [-0.2, 0) is 71.3 Å². The third-order valence-corrected chi connectivity index (χ3v) is 16.1. The molecular formula is C49H84N6O27S. The van der Waals surface area contributed by atoms with Crippen molar-refractivity contribution in [2.75, 3.05) is 91.5 Å². The summed E-state index contributed by atoms with van der Waals surface area (Å²) in [4.78, 5) is 61.4. The van der Waals surface area contributed by atoms with E-state index in [2.05, 4.69) is 31.9 Å². The van der Waals surface area contributed by atoms with Gasteiger partial charge in [-0.25, -0.2) is 4.79 Å². The predicted molar refractivity (Wildman–Crippen MR) is 278 cm³/mol. The lowest BCUT2D eigenvalue weighted by atomic mass is 9.94. The van der Waals surface area contributed by atoms with Crippen molar-refractivity contribution in [3.05, 3.63) is 0 Å². The molecular weight excluding hydrogens is 1140 g/mol. The number of unbranched alkanes of at least 4 members (excludes halogenated alkanes) is 1. The number of nitrogens with one attached hydrogen (secondary N) is 6. The normalized spacial score (nSPS) is 37.9. The molecule has 0 aromatic heterocycles. The maximum absolute atomic E-state index is 12.6. The number of hydrogen-bond donors (Lipinski definition) is 17. The number of amides is 6. The number of fused-ring (bicyclic) bond motifs is 1. The molecule has 0 radical (unpaired) electrons. The molecule has 0 saturated carbocycles. The minimum absolute atomic E-state index is 0.0520. The zero-order valence-corrected chi connectivity index (χ0v) is 46.9. The summed E-state index contributed by atoms with van der Waals surface area (Å²) in [5.74, 6) is -1.07. The van der Waals surface area contributed by atoms with Crippen LogP contribution in [0.3, 0.4) is 0 Å². The summed E-state index contributed by atoms with van der Waals surface area (Å²) in [5, 5.41) is 135. The first-order valence-electron chi connectivity index (χ1n) is 27.7. The molecule has 0 aromatic carbocycles. The average molecular weight is 1220 g/mol. The van der Waals surface area contributed by atoms with Crippen molar-refractivity contribution in [2.45, 2.75) is 186 Å². The minimum atomic E-state index is -2.11. The van der Waals surface area contributed by atoms with Crippen molar-refractivity contribution in [1.82, 2.24) is 31.9 Å². The van der Waals surface area contributed by atoms with Gasteiger partial charge in [0.1, 0.15) is 104 Å². The fraction of sp³-hybridized carbons (Fsp3) is 0.898. The average Bonchev–Trinajstić information content (AvgIpc) is 4.24. The highest BCUT2D eigenvalue weighted by Gasteiger charge is 2.56. The van der Waals surface area contributed by atoms with E-state index in [1.165, 1.54) is 0 Å². The highest BCUT2D eigenvalue weighted by atomic mass is 32.2. The Kier molecular flexibility index (Phi) is 28.4. The smallest absolute Gasteiger partial charge is 0.315 e. The number of rotatable bonds is 33. The molecule has 23 atom stereocenters. The van der Waals surface area contributed by atoms with Crippen LogP contribution < -0.4 is 31.9 Å². The van der Waals surface area contributed by atoms with Gasteiger partial charge in [0, 0.05) is 44.4 Å². The van der Waals surface area contributed by atoms with Gasteiger partial charge in [0.05, 0.1) is 78.2 Å². The molecule has 478 valence electrons. The van der Waals surface area contributed by atoms with E-state index < -0.39 is 167 Å². The monoisotopic (exact) mass is 1220 g/mol. The van der Waals surface area contributed by atoms with Crippen LogP contribution in [-0.4, -0.2) is 317 Å². The van der Waals surface area contributed by atoms with Crippen LogP contribution in [0.5, 0.6) is 0 Å². The number of aliphatic hydroxyl groups excluding tert-OH is 11. The summed E-state index contributed by atoms with van der Waals surface area (Å²) in [6.45, 7) is -0.204. The van der Waals surface area contributed by atoms with Crippen molar-refractivity contribution < 1.29 is 132 Å². The van der Waals surface area contributed by atoms with Crippen molar-refractivity contribution in [2.24, 2.45) is 0 Å². The third kappa shape index (κ3) is 19.3. The molecule has 0 spiro atoms. The molecule has 33 nitrogen and oxygen atoms in total. The molecule has 0 aliphatic carbocycles. The van der Waals surface area contributed by atoms with E-state index in [-0.39, 0.29) is 76.6 Å². The number of carbonyl (C=O) groups excluding carboxylic acids is 5. The second-order valence-electron chi connectivity index (χ2n) is 20.7. The standard InChI is InChI=1S/C49H84N6O27S/c1-22(60)52-33-42(81-48-41(70)44(38(67)28(19-59)79-48)82-46-34(53-23(2)61)43(37(66)27(18-58)77-46)80-47-40(69)39(68)35(64)25(16-56)78-47)36(65)26(17-57)76-45(33)75-10-5-8-50-31(63)20-74-15-14-73-13-12-72-11-9-51-30(62)7-4-3-6-29-32-24(21-83-29)54-49(71)55-32/h24-29,32-48,56-59,64-70H,3-21H2,1-2H3,(H,50,63)(H,51,62)(H,52,60)(H,53,61)(H2,54,55,71). The van der Waals surface area contributed by atoms with Crippen molar-refractivity contribution >= 4 is 41.4 Å². The number of ether oxygens (including phenoxy) is 11. The van der Waals surface area contributed by atoms with Gasteiger partial charge in [-0.3, -0.25) is 19.2 Å². The lowest BCUT2D eigenvalue weighted by molar-refractivity contribution is -0.375. The Morgan fingerprint density at radius 1 is 0.542 bits per heavy atom. The summed E-state index contributed by atoms with van der Waals surface area (Å²) < 4.78 is 63.0. The molecule has 0 aromatic rings. The van der Waals surface area contributed by atoms with Gasteiger partial charge in [-0.05, 0) is 19.3 Å². The van der Waals surface area contributed by atoms with Crippen molar-refractivity contribution in [1.29, 1.82) is 0 Å². The minimum Gasteiger partial charge on any atom is -0.394 e. The number of carbonyl (C=O) groups is 5. The van der Waals surface area contributed by atoms with Crippen LogP contribution in [0.25, 0.3) is 0 Å². The van der Waals surface area contributed by atoms with Gasteiger partial charge in [-0.2, -0.15) is 11.8 Å². The van der Waals surface area contributed by atoms with Gasteiger partial charge in [-0.1, -0.05) is 6.42 Å². The first-order chi connectivity index (χ1) is 39.8. The Morgan fingerprint density at radius 3 is 1.65 bits per heavy atom. The molecule has 34 heteroatoms. The largest absolute Gasteiger partial charge is 0.394 e. The Hall–Kier alpha value is -3.38. The van der Waals surface area contributed by atoms with E-state index in [0.29, 0.717) is 24.8 Å². The van der Waals surface area contributed by atoms with Crippen LogP contribution >= 0.6 is 11.8 Å². The summed E-state index contributed by atoms with van der Waals surface area (Å²) in [7, 11) is 0. The highest BCUT2D eigenvalue weighted by molar-refractivity contribution is 8.00. The van der Waals surface area contributed by atoms with Gasteiger partial charge in [-0.15, -0.1) is 0 Å². The van der Waals surface area contributed by atoms with Crippen molar-refractivity contribution in [3.8, 4) is 0 Å². The zero-order chi connectivity index (χ0) is 60.3. The summed E-state index contributed by atoms with van der Waals surface area (Å²) in [6.07, 6.45) is -28.9. The number of thioether (sulfide) groups is 1. The van der Waals surface area contributed by atoms with Crippen LogP contribution in [0.2, 0.25) is 0 Å². The molecule has 6 rings (SSSR count). The molecule has 23 unspecified atom stereocenters. The number of aliphatic hydroxyl groups is 11. The Labute approximate surface area is 481 Å². The summed E-state index contributed by atoms with van der Waals surface area (Å²) >= 11 is 1.85. The van der Waals surface area contributed by atoms with E-state index in [1.54, 1.807) is 0 Å². The van der Waals surface area contributed by atoms with Gasteiger partial charge >= 0.3 is 6.03 Å². The molecule has 6 aliphatic heterocycles. The van der Waals surface area contributed by atoms with Crippen LogP contribution in [0.4, 0.5) is 4.79 Å². The lowest BCUT2D eigenvalue weighted by Gasteiger charge is -2.50. The molecule has 83 heavy (non-hydrogen) atoms. The topological polar surface area (TPSA) is 482 Å². The zero-order valence-electron chi connectivity index (χ0n) is 46.1. The SMILES string of the molecule is CC(=O)NC1C(OC2C(O)C(CO)OC(OC3C(O)C(CO)OC(OCCCNC(=O)COCCOCCOCCNC(=O)CCCCC4SCC5NC(=O)NC54)C3NC(C)=O)C2O)OC(CO)C(O)C1OC1OC(CO)C(O)C(O)C1O.